The van der Waals surface area contributed by atoms with Gasteiger partial charge in [0.1, 0.15) is 4.90 Å². The average Bonchev–Trinajstić information content (AvgIpc) is 2.60. The quantitative estimate of drug-likeness (QED) is 0.189. The standard InChI is InChI=1S/C20H29F5OS2/c21-28(22,23,24,25)20-14-12-19(13-15-20)11-8-6-4-2-1-3-5-7-9-17-27-18-10-16-26/h12-15,26H,1-7,9-10,16-18H2. The van der Waals surface area contributed by atoms with Crippen molar-refractivity contribution >= 4 is 22.0 Å². The molecule has 1 N–H and O–H groups in total. The highest BCUT2D eigenvalue weighted by molar-refractivity contribution is 8.45. The van der Waals surface area contributed by atoms with Gasteiger partial charge < -0.3 is 5.11 Å². The lowest BCUT2D eigenvalue weighted by molar-refractivity contribution is 0.296. The van der Waals surface area contributed by atoms with Crippen LogP contribution in [0.15, 0.2) is 29.2 Å². The molecule has 0 saturated heterocycles. The van der Waals surface area contributed by atoms with Crippen molar-refractivity contribution < 1.29 is 24.5 Å². The normalized spacial score (nSPS) is 14.1. The van der Waals surface area contributed by atoms with E-state index in [2.05, 4.69) is 11.8 Å². The average molecular weight is 445 g/mol. The van der Waals surface area contributed by atoms with Crippen LogP contribution in [0.25, 0.3) is 0 Å². The molecule has 1 aromatic carbocycles. The number of aliphatic hydroxyl groups is 1. The fourth-order valence-corrected chi connectivity index (χ4v) is 4.13. The van der Waals surface area contributed by atoms with Gasteiger partial charge in [0.05, 0.1) is 0 Å². The maximum Gasteiger partial charge on any atom is 0.310 e. The van der Waals surface area contributed by atoms with E-state index in [0.717, 1.165) is 49.3 Å². The number of benzene rings is 1. The van der Waals surface area contributed by atoms with Crippen LogP contribution >= 0.6 is 22.0 Å². The van der Waals surface area contributed by atoms with Crippen LogP contribution in [0.2, 0.25) is 0 Å². The van der Waals surface area contributed by atoms with Gasteiger partial charge in [-0.1, -0.05) is 63.4 Å². The first-order valence-electron chi connectivity index (χ1n) is 9.54. The van der Waals surface area contributed by atoms with Gasteiger partial charge in [-0.05, 0) is 55.0 Å². The zero-order valence-electron chi connectivity index (χ0n) is 15.9. The summed E-state index contributed by atoms with van der Waals surface area (Å²) >= 11 is 1.89. The van der Waals surface area contributed by atoms with Gasteiger partial charge in [-0.3, -0.25) is 0 Å². The van der Waals surface area contributed by atoms with Crippen LogP contribution in [0.3, 0.4) is 0 Å². The largest absolute Gasteiger partial charge is 0.396 e. The number of hydrogen-bond donors (Lipinski definition) is 1. The second-order valence-corrected chi connectivity index (χ2v) is 10.3. The first-order chi connectivity index (χ1) is 13.0. The lowest BCUT2D eigenvalue weighted by atomic mass is 10.1. The smallest absolute Gasteiger partial charge is 0.310 e. The minimum Gasteiger partial charge on any atom is -0.396 e. The summed E-state index contributed by atoms with van der Waals surface area (Å²) in [4.78, 5) is -1.88. The van der Waals surface area contributed by atoms with Crippen LogP contribution in [0, 0.1) is 11.8 Å². The second-order valence-electron chi connectivity index (χ2n) is 6.71. The van der Waals surface area contributed by atoms with E-state index in [9.17, 15) is 19.4 Å². The summed E-state index contributed by atoms with van der Waals surface area (Å²) < 4.78 is 63.1. The van der Waals surface area contributed by atoms with Crippen LogP contribution in [0.1, 0.15) is 63.4 Å². The molecule has 1 rings (SSSR count). The Bertz CT molecular complexity index is 633. The molecule has 0 aliphatic carbocycles. The first kappa shape index (κ1) is 25.1. The topological polar surface area (TPSA) is 20.2 Å². The molecule has 162 valence electrons. The van der Waals surface area contributed by atoms with Crippen LogP contribution in [-0.2, 0) is 0 Å². The molecule has 28 heavy (non-hydrogen) atoms. The molecule has 0 atom stereocenters. The van der Waals surface area contributed by atoms with E-state index < -0.39 is 15.1 Å². The van der Waals surface area contributed by atoms with Gasteiger partial charge >= 0.3 is 10.2 Å². The summed E-state index contributed by atoms with van der Waals surface area (Å²) in [5, 5.41) is 8.67. The third kappa shape index (κ3) is 11.8. The Balaban J connectivity index is 2.11. The van der Waals surface area contributed by atoms with Crippen LogP contribution in [0.4, 0.5) is 19.4 Å². The Hall–Kier alpha value is -0.910. The fourth-order valence-electron chi connectivity index (χ4n) is 2.53. The van der Waals surface area contributed by atoms with Gasteiger partial charge in [-0.2, -0.15) is 11.8 Å². The molecule has 8 heteroatoms. The summed E-state index contributed by atoms with van der Waals surface area (Å²) in [5.41, 5.74) is 0.308. The number of unbranched alkanes of at least 4 members (excludes halogenated alkanes) is 7. The van der Waals surface area contributed by atoms with Crippen LogP contribution in [-0.4, -0.2) is 23.2 Å². The minimum absolute atomic E-state index is 0.265. The molecule has 0 aromatic heterocycles. The van der Waals surface area contributed by atoms with Gasteiger partial charge in [0.25, 0.3) is 0 Å². The molecule has 0 bridgehead atoms. The maximum absolute atomic E-state index is 12.6. The third-order valence-corrected chi connectivity index (χ3v) is 6.39. The molecule has 0 saturated carbocycles. The van der Waals surface area contributed by atoms with Gasteiger partial charge in [0, 0.05) is 18.6 Å². The Kier molecular flexibility index (Phi) is 9.65. The van der Waals surface area contributed by atoms with Crippen molar-refractivity contribution in [1.82, 2.24) is 0 Å². The Labute approximate surface area is 169 Å². The lowest BCUT2D eigenvalue weighted by Crippen LogP contribution is -2.05. The van der Waals surface area contributed by atoms with Gasteiger partial charge in [0.15, 0.2) is 0 Å². The van der Waals surface area contributed by atoms with Gasteiger partial charge in [-0.25, -0.2) is 0 Å². The van der Waals surface area contributed by atoms with Crippen molar-refractivity contribution in [2.45, 2.75) is 62.7 Å². The SMILES string of the molecule is OCCCSCCCCCCCCCC#Cc1ccc(S(F)(F)(F)(F)F)cc1. The minimum atomic E-state index is -9.59. The summed E-state index contributed by atoms with van der Waals surface area (Å²) in [5.74, 6) is 7.78. The summed E-state index contributed by atoms with van der Waals surface area (Å²) in [6.45, 7) is 0.265. The van der Waals surface area contributed by atoms with Crippen molar-refractivity contribution in [2.75, 3.05) is 18.1 Å². The van der Waals surface area contributed by atoms with E-state index in [-0.39, 0.29) is 6.61 Å². The second kappa shape index (κ2) is 10.7. The molecular formula is C20H29F5OS2. The zero-order chi connectivity index (χ0) is 21.0. The molecule has 1 aromatic rings. The molecule has 0 unspecified atom stereocenters. The van der Waals surface area contributed by atoms with E-state index in [1.165, 1.54) is 25.7 Å². The van der Waals surface area contributed by atoms with Crippen LogP contribution < -0.4 is 0 Å². The van der Waals surface area contributed by atoms with Crippen molar-refractivity contribution in [3.63, 3.8) is 0 Å². The van der Waals surface area contributed by atoms with Crippen molar-refractivity contribution in [3.05, 3.63) is 29.8 Å². The third-order valence-electron chi connectivity index (χ3n) is 4.07. The van der Waals surface area contributed by atoms with Gasteiger partial charge in [0.2, 0.25) is 0 Å². The van der Waals surface area contributed by atoms with Crippen molar-refractivity contribution in [3.8, 4) is 11.8 Å². The van der Waals surface area contributed by atoms with Gasteiger partial charge in [-0.15, -0.1) is 0 Å². The monoisotopic (exact) mass is 444 g/mol. The van der Waals surface area contributed by atoms with E-state index in [0.29, 0.717) is 24.1 Å². The number of halogens is 5. The Morgan fingerprint density at radius 2 is 1.29 bits per heavy atom. The molecule has 0 spiro atoms. The molecule has 0 aliphatic heterocycles. The van der Waals surface area contributed by atoms with Crippen LogP contribution in [0.5, 0.6) is 0 Å². The number of aliphatic hydroxyl groups excluding tert-OH is 1. The van der Waals surface area contributed by atoms with E-state index in [1.807, 2.05) is 11.8 Å². The molecule has 0 radical (unpaired) electrons. The van der Waals surface area contributed by atoms with E-state index >= 15 is 0 Å². The highest BCUT2D eigenvalue weighted by Crippen LogP contribution is 3.02. The predicted octanol–water partition coefficient (Wildman–Crippen LogP) is 7.93. The van der Waals surface area contributed by atoms with Crippen molar-refractivity contribution in [1.29, 1.82) is 0 Å². The molecule has 0 heterocycles. The number of rotatable bonds is 13. The molecule has 0 aliphatic rings. The highest BCUT2D eigenvalue weighted by atomic mass is 32.5. The Morgan fingerprint density at radius 3 is 1.86 bits per heavy atom. The molecule has 1 nitrogen and oxygen atoms in total. The summed E-state index contributed by atoms with van der Waals surface area (Å²) in [7, 11) is -9.59. The summed E-state index contributed by atoms with van der Waals surface area (Å²) in [6.07, 6.45) is 9.46. The predicted molar refractivity (Wildman–Crippen MR) is 111 cm³/mol. The lowest BCUT2D eigenvalue weighted by Gasteiger charge is -2.40. The first-order valence-corrected chi connectivity index (χ1v) is 12.7. The molecule has 0 fully saturated rings. The number of hydrogen-bond acceptors (Lipinski definition) is 2. The molecule has 0 amide bonds. The maximum atomic E-state index is 12.6. The zero-order valence-corrected chi connectivity index (χ0v) is 17.6. The van der Waals surface area contributed by atoms with Crippen molar-refractivity contribution in [2.24, 2.45) is 0 Å². The number of thioether (sulfide) groups is 1. The summed E-state index contributed by atoms with van der Waals surface area (Å²) in [6, 6.07) is 2.78. The van der Waals surface area contributed by atoms with E-state index in [1.54, 1.807) is 0 Å². The van der Waals surface area contributed by atoms with E-state index in [4.69, 9.17) is 5.11 Å². The Morgan fingerprint density at radius 1 is 0.750 bits per heavy atom. The highest BCUT2D eigenvalue weighted by Gasteiger charge is 2.65. The fraction of sp³-hybridized carbons (Fsp3) is 0.600. The molecular weight excluding hydrogens is 415 g/mol.